The molecule has 26 heavy (non-hydrogen) atoms. The zero-order valence-electron chi connectivity index (χ0n) is 15.0. The molecule has 1 aromatic rings. The van der Waals surface area contributed by atoms with E-state index in [-0.39, 0.29) is 17.6 Å². The number of rotatable bonds is 4. The molecule has 0 saturated carbocycles. The Morgan fingerprint density at radius 2 is 2.19 bits per heavy atom. The number of anilines is 1. The Morgan fingerprint density at radius 1 is 1.38 bits per heavy atom. The van der Waals surface area contributed by atoms with Crippen LogP contribution in [-0.4, -0.2) is 48.0 Å². The van der Waals surface area contributed by atoms with Crippen LogP contribution in [0.4, 0.5) is 11.4 Å². The van der Waals surface area contributed by atoms with Crippen LogP contribution in [0.2, 0.25) is 0 Å². The van der Waals surface area contributed by atoms with E-state index in [0.717, 1.165) is 38.8 Å². The summed E-state index contributed by atoms with van der Waals surface area (Å²) < 4.78 is 0.546. The summed E-state index contributed by atoms with van der Waals surface area (Å²) in [6, 6.07) is 3.25. The third-order valence-electron chi connectivity index (χ3n) is 5.10. The fraction of sp³-hybridized carbons (Fsp3) is 0.611. The minimum atomic E-state index is -0.418. The molecule has 0 aliphatic carbocycles. The number of carbonyl (C=O) groups is 1. The van der Waals surface area contributed by atoms with Crippen molar-refractivity contribution < 1.29 is 9.72 Å². The summed E-state index contributed by atoms with van der Waals surface area (Å²) >= 11 is 3.33. The first kappa shape index (κ1) is 19.1. The van der Waals surface area contributed by atoms with Crippen LogP contribution < -0.4 is 10.6 Å². The molecule has 8 heteroatoms. The predicted octanol–water partition coefficient (Wildman–Crippen LogP) is 3.39. The first-order valence-electron chi connectivity index (χ1n) is 9.20. The molecule has 2 atom stereocenters. The van der Waals surface area contributed by atoms with Gasteiger partial charge in [0.2, 0.25) is 0 Å². The second-order valence-electron chi connectivity index (χ2n) is 7.29. The molecule has 1 amide bonds. The molecule has 2 fully saturated rings. The van der Waals surface area contributed by atoms with Gasteiger partial charge in [-0.05, 0) is 44.2 Å². The molecule has 7 nitrogen and oxygen atoms in total. The Morgan fingerprint density at radius 3 is 2.85 bits per heavy atom. The third kappa shape index (κ3) is 4.35. The van der Waals surface area contributed by atoms with Gasteiger partial charge in [0, 0.05) is 36.2 Å². The van der Waals surface area contributed by atoms with Crippen LogP contribution in [0.15, 0.2) is 16.6 Å². The number of hydrogen-bond donors (Lipinski definition) is 2. The molecule has 0 unspecified atom stereocenters. The third-order valence-corrected chi connectivity index (χ3v) is 5.56. The second-order valence-corrected chi connectivity index (χ2v) is 8.21. The van der Waals surface area contributed by atoms with Crippen LogP contribution in [-0.2, 0) is 0 Å². The Kier molecular flexibility index (Phi) is 6.13. The van der Waals surface area contributed by atoms with Crippen molar-refractivity contribution in [3.8, 4) is 0 Å². The standard InChI is InChI=1S/C18H25BrN4O3/c1-12-4-3-7-22(11-12)18(24)15-8-13(19)9-16(23(25)26)17(15)21-14-5-2-6-20-10-14/h8-9,12,14,20-21H,2-7,10-11H2,1H3/t12-,14+/m0/s1. The summed E-state index contributed by atoms with van der Waals surface area (Å²) in [6.07, 6.45) is 4.02. The molecule has 1 aromatic carbocycles. The van der Waals surface area contributed by atoms with Gasteiger partial charge in [0.15, 0.2) is 0 Å². The van der Waals surface area contributed by atoms with Crippen LogP contribution in [0.5, 0.6) is 0 Å². The van der Waals surface area contributed by atoms with Gasteiger partial charge in [-0.2, -0.15) is 0 Å². The molecular weight excluding hydrogens is 400 g/mol. The summed E-state index contributed by atoms with van der Waals surface area (Å²) in [7, 11) is 0. The van der Waals surface area contributed by atoms with Gasteiger partial charge in [-0.1, -0.05) is 22.9 Å². The van der Waals surface area contributed by atoms with Crippen LogP contribution in [0.1, 0.15) is 43.0 Å². The molecule has 2 aliphatic rings. The highest BCUT2D eigenvalue weighted by Gasteiger charge is 2.30. The molecule has 2 saturated heterocycles. The summed E-state index contributed by atoms with van der Waals surface area (Å²) in [5, 5.41) is 18.2. The Balaban J connectivity index is 1.96. The monoisotopic (exact) mass is 424 g/mol. The average molecular weight is 425 g/mol. The summed E-state index contributed by atoms with van der Waals surface area (Å²) in [4.78, 5) is 26.2. The van der Waals surface area contributed by atoms with Crippen LogP contribution in [0, 0.1) is 16.0 Å². The molecule has 0 spiro atoms. The maximum absolute atomic E-state index is 13.2. The number of nitrogens with zero attached hydrogens (tertiary/aromatic N) is 2. The van der Waals surface area contributed by atoms with Crippen molar-refractivity contribution in [3.63, 3.8) is 0 Å². The molecule has 2 heterocycles. The number of amides is 1. The lowest BCUT2D eigenvalue weighted by atomic mass is 9.98. The van der Waals surface area contributed by atoms with E-state index in [1.54, 1.807) is 6.07 Å². The average Bonchev–Trinajstić information content (AvgIpc) is 2.63. The van der Waals surface area contributed by atoms with Gasteiger partial charge in [0.05, 0.1) is 10.5 Å². The fourth-order valence-electron chi connectivity index (χ4n) is 3.78. The van der Waals surface area contributed by atoms with Crippen LogP contribution >= 0.6 is 15.9 Å². The van der Waals surface area contributed by atoms with E-state index in [4.69, 9.17) is 0 Å². The number of hydrogen-bond acceptors (Lipinski definition) is 5. The number of halogens is 1. The second kappa shape index (κ2) is 8.35. The first-order chi connectivity index (χ1) is 12.5. The highest BCUT2D eigenvalue weighted by Crippen LogP contribution is 2.35. The van der Waals surface area contributed by atoms with Gasteiger partial charge < -0.3 is 15.5 Å². The Hall–Kier alpha value is -1.67. The number of piperidine rings is 2. The van der Waals surface area contributed by atoms with Crippen molar-refractivity contribution >= 4 is 33.2 Å². The van der Waals surface area contributed by atoms with Crippen LogP contribution in [0.25, 0.3) is 0 Å². The SMILES string of the molecule is C[C@H]1CCCN(C(=O)c2cc(Br)cc([N+](=O)[O-])c2N[C@@H]2CCCNC2)C1. The number of nitrogens with one attached hydrogen (secondary N) is 2. The number of nitro groups is 1. The lowest BCUT2D eigenvalue weighted by molar-refractivity contribution is -0.384. The number of benzene rings is 1. The van der Waals surface area contributed by atoms with E-state index in [1.165, 1.54) is 6.07 Å². The first-order valence-corrected chi connectivity index (χ1v) is 9.99. The van der Waals surface area contributed by atoms with Crippen molar-refractivity contribution in [2.75, 3.05) is 31.5 Å². The largest absolute Gasteiger partial charge is 0.375 e. The maximum atomic E-state index is 13.2. The molecule has 0 radical (unpaired) electrons. The van der Waals surface area contributed by atoms with Crippen molar-refractivity contribution in [3.05, 3.63) is 32.3 Å². The quantitative estimate of drug-likeness (QED) is 0.571. The van der Waals surface area contributed by atoms with E-state index in [0.29, 0.717) is 34.7 Å². The minimum Gasteiger partial charge on any atom is -0.375 e. The normalized spacial score (nSPS) is 23.5. The Bertz CT molecular complexity index is 691. The fourth-order valence-corrected chi connectivity index (χ4v) is 4.23. The van der Waals surface area contributed by atoms with Crippen LogP contribution in [0.3, 0.4) is 0 Å². The van der Waals surface area contributed by atoms with Gasteiger partial charge in [0.1, 0.15) is 5.69 Å². The van der Waals surface area contributed by atoms with Crippen molar-refractivity contribution in [1.29, 1.82) is 0 Å². The van der Waals surface area contributed by atoms with Gasteiger partial charge in [-0.15, -0.1) is 0 Å². The van der Waals surface area contributed by atoms with E-state index in [2.05, 4.69) is 33.5 Å². The summed E-state index contributed by atoms with van der Waals surface area (Å²) in [6.45, 7) is 5.23. The summed E-state index contributed by atoms with van der Waals surface area (Å²) in [5.41, 5.74) is 0.666. The maximum Gasteiger partial charge on any atom is 0.294 e. The van der Waals surface area contributed by atoms with E-state index < -0.39 is 4.92 Å². The number of carbonyl (C=O) groups excluding carboxylic acids is 1. The van der Waals surface area contributed by atoms with Gasteiger partial charge in [0.25, 0.3) is 11.6 Å². The highest BCUT2D eigenvalue weighted by atomic mass is 79.9. The molecule has 3 rings (SSSR count). The van der Waals surface area contributed by atoms with Gasteiger partial charge in [-0.3, -0.25) is 14.9 Å². The predicted molar refractivity (Wildman–Crippen MR) is 105 cm³/mol. The van der Waals surface area contributed by atoms with Gasteiger partial charge >= 0.3 is 0 Å². The zero-order valence-corrected chi connectivity index (χ0v) is 16.5. The lowest BCUT2D eigenvalue weighted by Crippen LogP contribution is -2.41. The van der Waals surface area contributed by atoms with Gasteiger partial charge in [-0.25, -0.2) is 0 Å². The zero-order chi connectivity index (χ0) is 18.7. The van der Waals surface area contributed by atoms with Crippen molar-refractivity contribution in [2.24, 2.45) is 5.92 Å². The highest BCUT2D eigenvalue weighted by molar-refractivity contribution is 9.10. The van der Waals surface area contributed by atoms with E-state index >= 15 is 0 Å². The lowest BCUT2D eigenvalue weighted by Gasteiger charge is -2.32. The summed E-state index contributed by atoms with van der Waals surface area (Å²) in [5.74, 6) is 0.320. The molecular formula is C18H25BrN4O3. The minimum absolute atomic E-state index is 0.0571. The molecule has 0 aromatic heterocycles. The molecule has 2 N–H and O–H groups in total. The molecule has 0 bridgehead atoms. The van der Waals surface area contributed by atoms with E-state index in [1.807, 2.05) is 4.90 Å². The van der Waals surface area contributed by atoms with Crippen molar-refractivity contribution in [1.82, 2.24) is 10.2 Å². The van der Waals surface area contributed by atoms with E-state index in [9.17, 15) is 14.9 Å². The topological polar surface area (TPSA) is 87.5 Å². The molecule has 2 aliphatic heterocycles. The molecule has 142 valence electrons. The number of nitro benzene ring substituents is 1. The van der Waals surface area contributed by atoms with Crippen molar-refractivity contribution in [2.45, 2.75) is 38.6 Å². The smallest absolute Gasteiger partial charge is 0.294 e. The Labute approximate surface area is 161 Å². The number of likely N-dealkylation sites (tertiary alicyclic amines) is 1.